The monoisotopic (exact) mass is 437 g/mol. The standard InChI is InChI=1S/C26H31NO3S/c1-19(2)30-24-13-11-23(12-14-24)26(22-9-5-20(3)6-10-22)17-18-27-31(28,29)25-15-7-21(4)8-16-25/h5-16,19,26-27H,17-18H2,1-4H3/t26-/m0/s1. The summed E-state index contributed by atoms with van der Waals surface area (Å²) in [6.45, 7) is 8.35. The Balaban J connectivity index is 1.77. The molecule has 0 saturated carbocycles. The molecule has 1 atom stereocenters. The fourth-order valence-corrected chi connectivity index (χ4v) is 4.56. The minimum atomic E-state index is -3.53. The molecule has 0 aliphatic rings. The Kier molecular flexibility index (Phi) is 7.52. The second-order valence-corrected chi connectivity index (χ2v) is 9.97. The summed E-state index contributed by atoms with van der Waals surface area (Å²) >= 11 is 0. The molecule has 0 unspecified atom stereocenters. The fourth-order valence-electron chi connectivity index (χ4n) is 3.51. The maximum absolute atomic E-state index is 12.7. The van der Waals surface area contributed by atoms with Crippen molar-refractivity contribution in [3.8, 4) is 5.75 Å². The Morgan fingerprint density at radius 3 is 1.77 bits per heavy atom. The van der Waals surface area contributed by atoms with Gasteiger partial charge in [0.25, 0.3) is 0 Å². The van der Waals surface area contributed by atoms with Crippen LogP contribution in [0.4, 0.5) is 0 Å². The average molecular weight is 438 g/mol. The third kappa shape index (κ3) is 6.42. The van der Waals surface area contributed by atoms with E-state index in [1.54, 1.807) is 12.1 Å². The molecule has 4 nitrogen and oxygen atoms in total. The Morgan fingerprint density at radius 2 is 1.26 bits per heavy atom. The lowest BCUT2D eigenvalue weighted by Gasteiger charge is -2.20. The average Bonchev–Trinajstić information content (AvgIpc) is 2.73. The van der Waals surface area contributed by atoms with Crippen LogP contribution in [0.15, 0.2) is 77.7 Å². The van der Waals surface area contributed by atoms with E-state index in [1.807, 2.05) is 45.0 Å². The van der Waals surface area contributed by atoms with Crippen molar-refractivity contribution in [3.63, 3.8) is 0 Å². The predicted octanol–water partition coefficient (Wildman–Crippen LogP) is 5.59. The Labute approximate surface area is 186 Å². The molecule has 0 aromatic heterocycles. The minimum Gasteiger partial charge on any atom is -0.491 e. The number of rotatable bonds is 9. The van der Waals surface area contributed by atoms with Crippen molar-refractivity contribution in [1.82, 2.24) is 4.72 Å². The van der Waals surface area contributed by atoms with Crippen LogP contribution in [0.1, 0.15) is 48.4 Å². The number of ether oxygens (including phenoxy) is 1. The molecule has 3 aromatic rings. The molecule has 0 aliphatic carbocycles. The van der Waals surface area contributed by atoms with Gasteiger partial charge in [-0.1, -0.05) is 59.7 Å². The van der Waals surface area contributed by atoms with Gasteiger partial charge in [-0.2, -0.15) is 0 Å². The van der Waals surface area contributed by atoms with Crippen LogP contribution < -0.4 is 9.46 Å². The van der Waals surface area contributed by atoms with Crippen molar-refractivity contribution in [2.45, 2.75) is 51.0 Å². The second kappa shape index (κ2) is 10.1. The van der Waals surface area contributed by atoms with Crippen LogP contribution in [-0.2, 0) is 10.0 Å². The van der Waals surface area contributed by atoms with Crippen molar-refractivity contribution in [3.05, 3.63) is 95.1 Å². The highest BCUT2D eigenvalue weighted by Crippen LogP contribution is 2.30. The van der Waals surface area contributed by atoms with E-state index in [1.165, 1.54) is 5.56 Å². The highest BCUT2D eigenvalue weighted by molar-refractivity contribution is 7.89. The summed E-state index contributed by atoms with van der Waals surface area (Å²) in [5, 5.41) is 0. The van der Waals surface area contributed by atoms with Crippen LogP contribution >= 0.6 is 0 Å². The molecule has 164 valence electrons. The first-order valence-electron chi connectivity index (χ1n) is 10.6. The molecular weight excluding hydrogens is 406 g/mol. The van der Waals surface area contributed by atoms with Gasteiger partial charge in [-0.15, -0.1) is 0 Å². The van der Waals surface area contributed by atoms with E-state index in [-0.39, 0.29) is 12.0 Å². The van der Waals surface area contributed by atoms with Gasteiger partial charge in [0.15, 0.2) is 0 Å². The summed E-state index contributed by atoms with van der Waals surface area (Å²) < 4.78 is 33.8. The molecule has 31 heavy (non-hydrogen) atoms. The molecule has 1 N–H and O–H groups in total. The molecule has 0 radical (unpaired) electrons. The lowest BCUT2D eigenvalue weighted by molar-refractivity contribution is 0.242. The van der Waals surface area contributed by atoms with E-state index >= 15 is 0 Å². The zero-order valence-corrected chi connectivity index (χ0v) is 19.4. The summed E-state index contributed by atoms with van der Waals surface area (Å²) in [5.41, 5.74) is 4.53. The van der Waals surface area contributed by atoms with Gasteiger partial charge in [0, 0.05) is 12.5 Å². The number of hydrogen-bond donors (Lipinski definition) is 1. The lowest BCUT2D eigenvalue weighted by Crippen LogP contribution is -2.26. The SMILES string of the molecule is Cc1ccc([C@H](CCNS(=O)(=O)c2ccc(C)cc2)c2ccc(OC(C)C)cc2)cc1. The maximum Gasteiger partial charge on any atom is 0.240 e. The van der Waals surface area contributed by atoms with E-state index in [9.17, 15) is 8.42 Å². The molecule has 0 fully saturated rings. The fraction of sp³-hybridized carbons (Fsp3) is 0.308. The highest BCUT2D eigenvalue weighted by atomic mass is 32.2. The van der Waals surface area contributed by atoms with Crippen molar-refractivity contribution < 1.29 is 13.2 Å². The molecule has 0 aliphatic heterocycles. The summed E-state index contributed by atoms with van der Waals surface area (Å²) in [7, 11) is -3.53. The van der Waals surface area contributed by atoms with E-state index in [0.29, 0.717) is 17.9 Å². The first-order chi connectivity index (χ1) is 14.7. The number of sulfonamides is 1. The van der Waals surface area contributed by atoms with Gasteiger partial charge in [-0.3, -0.25) is 0 Å². The summed E-state index contributed by atoms with van der Waals surface area (Å²) in [6, 6.07) is 23.4. The highest BCUT2D eigenvalue weighted by Gasteiger charge is 2.18. The Hall–Kier alpha value is -2.63. The maximum atomic E-state index is 12.7. The van der Waals surface area contributed by atoms with Crippen molar-refractivity contribution in [2.24, 2.45) is 0 Å². The van der Waals surface area contributed by atoms with Gasteiger partial charge in [0.1, 0.15) is 5.75 Å². The quantitative estimate of drug-likeness (QED) is 0.475. The molecule has 0 amide bonds. The van der Waals surface area contributed by atoms with Crippen molar-refractivity contribution >= 4 is 10.0 Å². The van der Waals surface area contributed by atoms with Crippen LogP contribution in [0.3, 0.4) is 0 Å². The molecule has 5 heteroatoms. The van der Waals surface area contributed by atoms with Crippen molar-refractivity contribution in [1.29, 1.82) is 0 Å². The third-order valence-electron chi connectivity index (χ3n) is 5.19. The summed E-state index contributed by atoms with van der Waals surface area (Å²) in [4.78, 5) is 0.292. The summed E-state index contributed by atoms with van der Waals surface area (Å²) in [5.74, 6) is 0.913. The smallest absolute Gasteiger partial charge is 0.240 e. The van der Waals surface area contributed by atoms with Crippen LogP contribution in [0.5, 0.6) is 5.75 Å². The Bertz CT molecular complexity index is 1070. The van der Waals surface area contributed by atoms with Crippen LogP contribution in [0.2, 0.25) is 0 Å². The number of benzene rings is 3. The van der Waals surface area contributed by atoms with Gasteiger partial charge in [-0.05, 0) is 69.5 Å². The number of nitrogens with one attached hydrogen (secondary N) is 1. The minimum absolute atomic E-state index is 0.0782. The largest absolute Gasteiger partial charge is 0.491 e. The van der Waals surface area contributed by atoms with Gasteiger partial charge >= 0.3 is 0 Å². The van der Waals surface area contributed by atoms with Gasteiger partial charge < -0.3 is 4.74 Å². The summed E-state index contributed by atoms with van der Waals surface area (Å²) in [6.07, 6.45) is 0.772. The Morgan fingerprint density at radius 1 is 0.774 bits per heavy atom. The molecule has 0 spiro atoms. The van der Waals surface area contributed by atoms with Gasteiger partial charge in [0.05, 0.1) is 11.0 Å². The van der Waals surface area contributed by atoms with Crippen LogP contribution in [-0.4, -0.2) is 21.1 Å². The first kappa shape index (κ1) is 23.0. The van der Waals surface area contributed by atoms with Crippen LogP contribution in [0, 0.1) is 13.8 Å². The molecule has 3 rings (SSSR count). The number of aryl methyl sites for hydroxylation is 2. The normalized spacial score (nSPS) is 12.7. The molecular formula is C26H31NO3S. The van der Waals surface area contributed by atoms with Gasteiger partial charge in [0.2, 0.25) is 10.0 Å². The zero-order chi connectivity index (χ0) is 22.4. The van der Waals surface area contributed by atoms with Crippen LogP contribution in [0.25, 0.3) is 0 Å². The van der Waals surface area contributed by atoms with Crippen molar-refractivity contribution in [2.75, 3.05) is 6.54 Å². The molecule has 0 bridgehead atoms. The molecule has 3 aromatic carbocycles. The lowest BCUT2D eigenvalue weighted by atomic mass is 9.88. The third-order valence-corrected chi connectivity index (χ3v) is 6.67. The van der Waals surface area contributed by atoms with Gasteiger partial charge in [-0.25, -0.2) is 13.1 Å². The molecule has 0 saturated heterocycles. The topological polar surface area (TPSA) is 55.4 Å². The second-order valence-electron chi connectivity index (χ2n) is 8.20. The van der Waals surface area contributed by atoms with E-state index in [4.69, 9.17) is 4.74 Å². The number of hydrogen-bond acceptors (Lipinski definition) is 3. The van der Waals surface area contributed by atoms with E-state index in [0.717, 1.165) is 22.4 Å². The van der Waals surface area contributed by atoms with E-state index < -0.39 is 10.0 Å². The zero-order valence-electron chi connectivity index (χ0n) is 18.6. The molecule has 0 heterocycles. The predicted molar refractivity (Wildman–Crippen MR) is 126 cm³/mol. The first-order valence-corrected chi connectivity index (χ1v) is 12.1. The van der Waals surface area contributed by atoms with E-state index in [2.05, 4.69) is 48.0 Å².